The number of benzene rings is 1. The summed E-state index contributed by atoms with van der Waals surface area (Å²) >= 11 is 0. The van der Waals surface area contributed by atoms with Gasteiger partial charge in [-0.25, -0.2) is 0 Å². The number of para-hydroxylation sites is 1. The molecule has 1 aromatic heterocycles. The number of anilines is 1. The molecule has 1 heterocycles. The Balaban J connectivity index is 2.19. The molecule has 5 heteroatoms. The first-order valence-corrected chi connectivity index (χ1v) is 6.70. The lowest BCUT2D eigenvalue weighted by molar-refractivity contribution is 0.0992. The monoisotopic (exact) mass is 272 g/mol. The van der Waals surface area contributed by atoms with E-state index in [1.807, 2.05) is 41.9 Å². The second-order valence-electron chi connectivity index (χ2n) is 4.71. The van der Waals surface area contributed by atoms with Gasteiger partial charge in [-0.1, -0.05) is 18.2 Å². The Kier molecular flexibility index (Phi) is 4.53. The van der Waals surface area contributed by atoms with E-state index in [-0.39, 0.29) is 5.91 Å². The molecule has 0 saturated carbocycles. The summed E-state index contributed by atoms with van der Waals surface area (Å²) in [5.74, 6) is -0.0484. The average Bonchev–Trinajstić information content (AvgIpc) is 2.85. The molecule has 5 nitrogen and oxygen atoms in total. The van der Waals surface area contributed by atoms with Crippen molar-refractivity contribution in [1.82, 2.24) is 9.78 Å². The minimum absolute atomic E-state index is 0.0484. The molecule has 2 aromatic rings. The van der Waals surface area contributed by atoms with Crippen molar-refractivity contribution in [2.75, 3.05) is 18.5 Å². The number of hydrogen-bond donors (Lipinski definition) is 1. The molecule has 0 saturated heterocycles. The standard InChI is InChI=1S/C15H20N4O/c1-12-14(11-17-19(12)10-6-9-16)15(20)18(2)13-7-4-3-5-8-13/h3-5,7-8,11H,6,9-10,16H2,1-2H3. The first-order chi connectivity index (χ1) is 9.65. The maximum absolute atomic E-state index is 12.5. The third kappa shape index (κ3) is 2.88. The van der Waals surface area contributed by atoms with Gasteiger partial charge in [0.2, 0.25) is 0 Å². The molecule has 1 aromatic carbocycles. The van der Waals surface area contributed by atoms with Crippen LogP contribution in [0, 0.1) is 6.92 Å². The van der Waals surface area contributed by atoms with Crippen LogP contribution in [0.25, 0.3) is 0 Å². The Hall–Kier alpha value is -2.14. The number of aryl methyl sites for hydroxylation is 1. The first kappa shape index (κ1) is 14.3. The van der Waals surface area contributed by atoms with Gasteiger partial charge in [0, 0.05) is 25.0 Å². The van der Waals surface area contributed by atoms with E-state index in [1.54, 1.807) is 18.1 Å². The van der Waals surface area contributed by atoms with Crippen LogP contribution >= 0.6 is 0 Å². The van der Waals surface area contributed by atoms with Crippen LogP contribution < -0.4 is 10.6 Å². The molecule has 1 amide bonds. The van der Waals surface area contributed by atoms with Gasteiger partial charge in [0.25, 0.3) is 5.91 Å². The van der Waals surface area contributed by atoms with Gasteiger partial charge in [0.1, 0.15) is 0 Å². The van der Waals surface area contributed by atoms with Crippen molar-refractivity contribution >= 4 is 11.6 Å². The molecule has 0 unspecified atom stereocenters. The fraction of sp³-hybridized carbons (Fsp3) is 0.333. The molecule has 2 rings (SSSR count). The van der Waals surface area contributed by atoms with Crippen molar-refractivity contribution in [1.29, 1.82) is 0 Å². The highest BCUT2D eigenvalue weighted by Crippen LogP contribution is 2.17. The summed E-state index contributed by atoms with van der Waals surface area (Å²) in [4.78, 5) is 14.1. The molecule has 0 atom stereocenters. The highest BCUT2D eigenvalue weighted by molar-refractivity contribution is 6.06. The van der Waals surface area contributed by atoms with Crippen molar-refractivity contribution in [3.63, 3.8) is 0 Å². The number of carbonyl (C=O) groups is 1. The third-order valence-corrected chi connectivity index (χ3v) is 3.36. The van der Waals surface area contributed by atoms with Crippen LogP contribution in [0.5, 0.6) is 0 Å². The van der Waals surface area contributed by atoms with Crippen LogP contribution in [-0.2, 0) is 6.54 Å². The number of carbonyl (C=O) groups excluding carboxylic acids is 1. The van der Waals surface area contributed by atoms with Crippen molar-refractivity contribution < 1.29 is 4.79 Å². The molecule has 0 aliphatic carbocycles. The molecule has 2 N–H and O–H groups in total. The van der Waals surface area contributed by atoms with Crippen LogP contribution in [0.2, 0.25) is 0 Å². The molecule has 0 radical (unpaired) electrons. The van der Waals surface area contributed by atoms with Crippen LogP contribution in [-0.4, -0.2) is 29.3 Å². The van der Waals surface area contributed by atoms with Crippen LogP contribution in [0.4, 0.5) is 5.69 Å². The number of amides is 1. The molecular formula is C15H20N4O. The van der Waals surface area contributed by atoms with E-state index in [1.165, 1.54) is 0 Å². The lowest BCUT2D eigenvalue weighted by atomic mass is 10.2. The minimum Gasteiger partial charge on any atom is -0.330 e. The molecule has 0 bridgehead atoms. The average molecular weight is 272 g/mol. The molecular weight excluding hydrogens is 252 g/mol. The van der Waals surface area contributed by atoms with Crippen LogP contribution in [0.3, 0.4) is 0 Å². The van der Waals surface area contributed by atoms with Gasteiger partial charge in [-0.05, 0) is 32.0 Å². The fourth-order valence-corrected chi connectivity index (χ4v) is 2.07. The summed E-state index contributed by atoms with van der Waals surface area (Å²) in [6.07, 6.45) is 2.48. The Bertz CT molecular complexity index is 577. The quantitative estimate of drug-likeness (QED) is 0.903. The molecule has 0 aliphatic heterocycles. The second kappa shape index (κ2) is 6.34. The largest absolute Gasteiger partial charge is 0.330 e. The molecule has 0 fully saturated rings. The minimum atomic E-state index is -0.0484. The predicted octanol–water partition coefficient (Wildman–Crippen LogP) is 1.82. The third-order valence-electron chi connectivity index (χ3n) is 3.36. The maximum Gasteiger partial charge on any atom is 0.261 e. The van der Waals surface area contributed by atoms with Gasteiger partial charge in [0.15, 0.2) is 0 Å². The number of nitrogens with zero attached hydrogens (tertiary/aromatic N) is 3. The zero-order valence-corrected chi connectivity index (χ0v) is 11.9. The van der Waals surface area contributed by atoms with E-state index < -0.39 is 0 Å². The van der Waals surface area contributed by atoms with Gasteiger partial charge in [-0.3, -0.25) is 9.48 Å². The van der Waals surface area contributed by atoms with Crippen molar-refractivity contribution in [3.8, 4) is 0 Å². The van der Waals surface area contributed by atoms with Gasteiger partial charge < -0.3 is 10.6 Å². The zero-order chi connectivity index (χ0) is 14.5. The summed E-state index contributed by atoms with van der Waals surface area (Å²) < 4.78 is 1.83. The number of nitrogens with two attached hydrogens (primary N) is 1. The molecule has 106 valence electrons. The van der Waals surface area contributed by atoms with Gasteiger partial charge >= 0.3 is 0 Å². The Morgan fingerprint density at radius 3 is 2.70 bits per heavy atom. The van der Waals surface area contributed by atoms with Crippen molar-refractivity contribution in [3.05, 3.63) is 47.8 Å². The summed E-state index contributed by atoms with van der Waals surface area (Å²) in [6, 6.07) is 9.57. The summed E-state index contributed by atoms with van der Waals surface area (Å²) in [6.45, 7) is 3.27. The van der Waals surface area contributed by atoms with E-state index in [9.17, 15) is 4.79 Å². The van der Waals surface area contributed by atoms with E-state index in [4.69, 9.17) is 5.73 Å². The molecule has 0 aliphatic rings. The summed E-state index contributed by atoms with van der Waals surface area (Å²) in [7, 11) is 1.77. The smallest absolute Gasteiger partial charge is 0.261 e. The Morgan fingerprint density at radius 1 is 1.35 bits per heavy atom. The molecule has 0 spiro atoms. The summed E-state index contributed by atoms with van der Waals surface area (Å²) in [5, 5.41) is 4.26. The van der Waals surface area contributed by atoms with Gasteiger partial charge in [-0.2, -0.15) is 5.10 Å². The Labute approximate surface area is 119 Å². The van der Waals surface area contributed by atoms with E-state index >= 15 is 0 Å². The van der Waals surface area contributed by atoms with E-state index in [2.05, 4.69) is 5.10 Å². The summed E-state index contributed by atoms with van der Waals surface area (Å²) in [5.41, 5.74) is 7.88. The van der Waals surface area contributed by atoms with Gasteiger partial charge in [-0.15, -0.1) is 0 Å². The van der Waals surface area contributed by atoms with Crippen LogP contribution in [0.1, 0.15) is 22.5 Å². The lowest BCUT2D eigenvalue weighted by Gasteiger charge is -2.17. The van der Waals surface area contributed by atoms with E-state index in [0.717, 1.165) is 24.3 Å². The second-order valence-corrected chi connectivity index (χ2v) is 4.71. The Morgan fingerprint density at radius 2 is 2.05 bits per heavy atom. The highest BCUT2D eigenvalue weighted by atomic mass is 16.2. The normalized spacial score (nSPS) is 10.6. The number of aromatic nitrogens is 2. The molecule has 20 heavy (non-hydrogen) atoms. The SMILES string of the molecule is Cc1c(C(=O)N(C)c2ccccc2)cnn1CCCN. The zero-order valence-electron chi connectivity index (χ0n) is 11.9. The number of hydrogen-bond acceptors (Lipinski definition) is 3. The maximum atomic E-state index is 12.5. The predicted molar refractivity (Wildman–Crippen MR) is 79.8 cm³/mol. The van der Waals surface area contributed by atoms with Crippen LogP contribution in [0.15, 0.2) is 36.5 Å². The number of rotatable bonds is 5. The van der Waals surface area contributed by atoms with E-state index in [0.29, 0.717) is 12.1 Å². The first-order valence-electron chi connectivity index (χ1n) is 6.70. The van der Waals surface area contributed by atoms with Crippen molar-refractivity contribution in [2.24, 2.45) is 5.73 Å². The lowest BCUT2D eigenvalue weighted by Crippen LogP contribution is -2.26. The van der Waals surface area contributed by atoms with Gasteiger partial charge in [0.05, 0.1) is 11.8 Å². The fourth-order valence-electron chi connectivity index (χ4n) is 2.07. The van der Waals surface area contributed by atoms with Crippen molar-refractivity contribution in [2.45, 2.75) is 19.9 Å². The highest BCUT2D eigenvalue weighted by Gasteiger charge is 2.18. The topological polar surface area (TPSA) is 64.2 Å².